The summed E-state index contributed by atoms with van der Waals surface area (Å²) in [6, 6.07) is 0. The molecule has 1 fully saturated rings. The molecule has 0 aromatic rings. The van der Waals surface area contributed by atoms with E-state index in [0.717, 1.165) is 25.7 Å². The number of rotatable bonds is 5. The summed E-state index contributed by atoms with van der Waals surface area (Å²) in [6.07, 6.45) is 5.40. The van der Waals surface area contributed by atoms with Crippen LogP contribution in [0, 0.1) is 5.92 Å². The van der Waals surface area contributed by atoms with E-state index in [2.05, 4.69) is 0 Å². The van der Waals surface area contributed by atoms with Crippen LogP contribution in [0.4, 0.5) is 0 Å². The van der Waals surface area contributed by atoms with E-state index in [4.69, 9.17) is 9.47 Å². The highest BCUT2D eigenvalue weighted by Crippen LogP contribution is 2.31. The third-order valence-corrected chi connectivity index (χ3v) is 2.87. The van der Waals surface area contributed by atoms with Gasteiger partial charge < -0.3 is 9.47 Å². The molecular formula is C13H20O4. The third kappa shape index (κ3) is 4.21. The molecule has 1 aliphatic rings. The van der Waals surface area contributed by atoms with Crippen LogP contribution in [0.15, 0.2) is 11.6 Å². The highest BCUT2D eigenvalue weighted by Gasteiger charge is 2.26. The molecule has 0 saturated heterocycles. The van der Waals surface area contributed by atoms with E-state index in [-0.39, 0.29) is 11.9 Å². The van der Waals surface area contributed by atoms with E-state index >= 15 is 0 Å². The molecule has 0 N–H and O–H groups in total. The number of ether oxygens (including phenoxy) is 2. The largest absolute Gasteiger partial charge is 0.463 e. The smallest absolute Gasteiger partial charge is 0.334 e. The number of esters is 2. The molecule has 0 aliphatic heterocycles. The van der Waals surface area contributed by atoms with Crippen molar-refractivity contribution in [3.63, 3.8) is 0 Å². The Morgan fingerprint density at radius 1 is 1.12 bits per heavy atom. The van der Waals surface area contributed by atoms with E-state index in [9.17, 15) is 9.59 Å². The van der Waals surface area contributed by atoms with Crippen LogP contribution in [0.3, 0.4) is 0 Å². The minimum absolute atomic E-state index is 0.151. The van der Waals surface area contributed by atoms with E-state index in [1.165, 1.54) is 6.08 Å². The Balaban J connectivity index is 2.77. The van der Waals surface area contributed by atoms with Crippen LogP contribution in [0.2, 0.25) is 0 Å². The number of hydrogen-bond acceptors (Lipinski definition) is 4. The molecule has 0 unspecified atom stereocenters. The average Bonchev–Trinajstić information content (AvgIpc) is 2.79. The van der Waals surface area contributed by atoms with Crippen molar-refractivity contribution in [1.82, 2.24) is 0 Å². The summed E-state index contributed by atoms with van der Waals surface area (Å²) >= 11 is 0. The van der Waals surface area contributed by atoms with E-state index in [1.807, 2.05) is 0 Å². The van der Waals surface area contributed by atoms with Crippen molar-refractivity contribution in [2.75, 3.05) is 13.2 Å². The van der Waals surface area contributed by atoms with Gasteiger partial charge in [-0.15, -0.1) is 0 Å². The second kappa shape index (κ2) is 7.09. The molecule has 4 heteroatoms. The summed E-state index contributed by atoms with van der Waals surface area (Å²) in [6.45, 7) is 4.14. The Morgan fingerprint density at radius 2 is 1.71 bits per heavy atom. The molecule has 0 radical (unpaired) electrons. The first-order valence-electron chi connectivity index (χ1n) is 6.24. The predicted octanol–water partition coefficient (Wildman–Crippen LogP) is 2.23. The molecule has 0 atom stereocenters. The van der Waals surface area contributed by atoms with Gasteiger partial charge in [0.05, 0.1) is 13.2 Å². The molecule has 4 nitrogen and oxygen atoms in total. The van der Waals surface area contributed by atoms with E-state index in [0.29, 0.717) is 18.8 Å². The lowest BCUT2D eigenvalue weighted by molar-refractivity contribution is -0.141. The SMILES string of the molecule is CCOC(=O)/C=C(/C(=O)OCC)C1CCCC1. The molecule has 0 amide bonds. The van der Waals surface area contributed by atoms with Gasteiger partial charge in [0, 0.05) is 11.6 Å². The van der Waals surface area contributed by atoms with Gasteiger partial charge in [0.1, 0.15) is 0 Å². The van der Waals surface area contributed by atoms with Gasteiger partial charge in [0.15, 0.2) is 0 Å². The second-order valence-corrected chi connectivity index (χ2v) is 4.05. The third-order valence-electron chi connectivity index (χ3n) is 2.87. The van der Waals surface area contributed by atoms with E-state index < -0.39 is 5.97 Å². The zero-order chi connectivity index (χ0) is 12.7. The predicted molar refractivity (Wildman–Crippen MR) is 63.3 cm³/mol. The molecule has 0 aromatic carbocycles. The molecule has 0 bridgehead atoms. The minimum Gasteiger partial charge on any atom is -0.463 e. The van der Waals surface area contributed by atoms with Crippen LogP contribution in [-0.4, -0.2) is 25.2 Å². The van der Waals surface area contributed by atoms with Crippen LogP contribution >= 0.6 is 0 Å². The van der Waals surface area contributed by atoms with Crippen molar-refractivity contribution in [3.05, 3.63) is 11.6 Å². The highest BCUT2D eigenvalue weighted by molar-refractivity contribution is 5.96. The van der Waals surface area contributed by atoms with Gasteiger partial charge in [-0.1, -0.05) is 12.8 Å². The first kappa shape index (κ1) is 13.7. The number of hydrogen-bond donors (Lipinski definition) is 0. The monoisotopic (exact) mass is 240 g/mol. The number of carbonyl (C=O) groups is 2. The van der Waals surface area contributed by atoms with Gasteiger partial charge in [-0.3, -0.25) is 0 Å². The highest BCUT2D eigenvalue weighted by atomic mass is 16.5. The summed E-state index contributed by atoms with van der Waals surface area (Å²) in [5, 5.41) is 0. The van der Waals surface area contributed by atoms with Crippen LogP contribution in [0.1, 0.15) is 39.5 Å². The van der Waals surface area contributed by atoms with Crippen molar-refractivity contribution >= 4 is 11.9 Å². The fraction of sp³-hybridized carbons (Fsp3) is 0.692. The van der Waals surface area contributed by atoms with Crippen LogP contribution in [0.25, 0.3) is 0 Å². The summed E-state index contributed by atoms with van der Waals surface area (Å²) in [7, 11) is 0. The van der Waals surface area contributed by atoms with Crippen molar-refractivity contribution in [2.24, 2.45) is 5.92 Å². The van der Waals surface area contributed by atoms with Crippen LogP contribution in [0.5, 0.6) is 0 Å². The summed E-state index contributed by atoms with van der Waals surface area (Å²) in [5.41, 5.74) is 0.475. The fourth-order valence-corrected chi connectivity index (χ4v) is 2.11. The zero-order valence-electron chi connectivity index (χ0n) is 10.5. The average molecular weight is 240 g/mol. The molecule has 0 spiro atoms. The molecule has 0 aromatic heterocycles. The van der Waals surface area contributed by atoms with Crippen molar-refractivity contribution in [2.45, 2.75) is 39.5 Å². The first-order chi connectivity index (χ1) is 8.19. The van der Waals surface area contributed by atoms with Gasteiger partial charge in [-0.25, -0.2) is 9.59 Å². The first-order valence-corrected chi connectivity index (χ1v) is 6.24. The molecular weight excluding hydrogens is 220 g/mol. The lowest BCUT2D eigenvalue weighted by atomic mass is 9.97. The van der Waals surface area contributed by atoms with Gasteiger partial charge in [-0.05, 0) is 32.6 Å². The standard InChI is InChI=1S/C13H20O4/c1-3-16-12(14)9-11(13(15)17-4-2)10-7-5-6-8-10/h9-10H,3-8H2,1-2H3/b11-9+. The molecule has 1 aliphatic carbocycles. The van der Waals surface area contributed by atoms with Crippen molar-refractivity contribution in [3.8, 4) is 0 Å². The zero-order valence-corrected chi connectivity index (χ0v) is 10.5. The number of carbonyl (C=O) groups excluding carboxylic acids is 2. The molecule has 1 saturated carbocycles. The quantitative estimate of drug-likeness (QED) is 0.546. The normalized spacial score (nSPS) is 16.9. The van der Waals surface area contributed by atoms with Gasteiger partial charge in [-0.2, -0.15) is 0 Å². The molecule has 0 heterocycles. The summed E-state index contributed by atoms with van der Waals surface area (Å²) < 4.78 is 9.82. The molecule has 17 heavy (non-hydrogen) atoms. The summed E-state index contributed by atoms with van der Waals surface area (Å²) in [4.78, 5) is 23.2. The van der Waals surface area contributed by atoms with Crippen molar-refractivity contribution < 1.29 is 19.1 Å². The van der Waals surface area contributed by atoms with Crippen molar-refractivity contribution in [1.29, 1.82) is 0 Å². The Hall–Kier alpha value is -1.32. The van der Waals surface area contributed by atoms with Crippen LogP contribution < -0.4 is 0 Å². The second-order valence-electron chi connectivity index (χ2n) is 4.05. The Bertz CT molecular complexity index is 301. The molecule has 96 valence electrons. The fourth-order valence-electron chi connectivity index (χ4n) is 2.11. The van der Waals surface area contributed by atoms with Gasteiger partial charge in [0.25, 0.3) is 0 Å². The van der Waals surface area contributed by atoms with Gasteiger partial charge >= 0.3 is 11.9 Å². The maximum Gasteiger partial charge on any atom is 0.334 e. The Morgan fingerprint density at radius 3 is 2.24 bits per heavy atom. The Kier molecular flexibility index (Phi) is 5.73. The lowest BCUT2D eigenvalue weighted by Gasteiger charge is -2.12. The maximum absolute atomic E-state index is 11.8. The maximum atomic E-state index is 11.8. The topological polar surface area (TPSA) is 52.6 Å². The lowest BCUT2D eigenvalue weighted by Crippen LogP contribution is -2.16. The van der Waals surface area contributed by atoms with Crippen LogP contribution in [-0.2, 0) is 19.1 Å². The van der Waals surface area contributed by atoms with Gasteiger partial charge in [0.2, 0.25) is 0 Å². The molecule has 1 rings (SSSR count). The van der Waals surface area contributed by atoms with E-state index in [1.54, 1.807) is 13.8 Å². The minimum atomic E-state index is -0.456. The summed E-state index contributed by atoms with van der Waals surface area (Å²) in [5.74, 6) is -0.687. The Labute approximate surface area is 102 Å².